The summed E-state index contributed by atoms with van der Waals surface area (Å²) in [6, 6.07) is 0.737. The summed E-state index contributed by atoms with van der Waals surface area (Å²) in [7, 11) is 2.24. The van der Waals surface area contributed by atoms with E-state index in [-0.39, 0.29) is 0 Å². The van der Waals surface area contributed by atoms with Crippen molar-refractivity contribution in [3.05, 3.63) is 0 Å². The molecule has 0 saturated carbocycles. The van der Waals surface area contributed by atoms with Gasteiger partial charge in [0.1, 0.15) is 0 Å². The molecule has 17 heavy (non-hydrogen) atoms. The highest BCUT2D eigenvalue weighted by Crippen LogP contribution is 2.10. The lowest BCUT2D eigenvalue weighted by Gasteiger charge is -2.31. The fourth-order valence-electron chi connectivity index (χ4n) is 3.12. The lowest BCUT2D eigenvalue weighted by molar-refractivity contribution is 0.216. The third-order valence-corrected chi connectivity index (χ3v) is 4.18. The van der Waals surface area contributed by atoms with Crippen molar-refractivity contribution in [3.8, 4) is 0 Å². The number of piperidine rings is 1. The largest absolute Gasteiger partial charge is 0.311 e. The van der Waals surface area contributed by atoms with Crippen molar-refractivity contribution in [2.24, 2.45) is 0 Å². The summed E-state index contributed by atoms with van der Waals surface area (Å²) in [6.45, 7) is 7.60. The molecule has 0 aromatic heterocycles. The lowest BCUT2D eigenvalue weighted by Crippen LogP contribution is -2.46. The summed E-state index contributed by atoms with van der Waals surface area (Å²) in [4.78, 5) is 5.10. The van der Waals surface area contributed by atoms with Crippen LogP contribution in [0.3, 0.4) is 0 Å². The van der Waals surface area contributed by atoms with Gasteiger partial charge in [0, 0.05) is 25.7 Å². The van der Waals surface area contributed by atoms with E-state index in [0.717, 1.165) is 6.04 Å². The van der Waals surface area contributed by atoms with Crippen LogP contribution in [-0.2, 0) is 0 Å². The van der Waals surface area contributed by atoms with Crippen LogP contribution in [0.25, 0.3) is 0 Å². The first-order valence-corrected chi connectivity index (χ1v) is 7.49. The number of hydrogen-bond acceptors (Lipinski definition) is 3. The highest BCUT2D eigenvalue weighted by atomic mass is 15.2. The van der Waals surface area contributed by atoms with Crippen LogP contribution in [0, 0.1) is 0 Å². The molecule has 3 nitrogen and oxygen atoms in total. The van der Waals surface area contributed by atoms with Crippen LogP contribution in [-0.4, -0.2) is 62.2 Å². The Kier molecular flexibility index (Phi) is 5.75. The second-order valence-corrected chi connectivity index (χ2v) is 5.81. The van der Waals surface area contributed by atoms with Gasteiger partial charge in [-0.3, -0.25) is 0 Å². The zero-order valence-corrected chi connectivity index (χ0v) is 11.5. The molecule has 100 valence electrons. The highest BCUT2D eigenvalue weighted by molar-refractivity contribution is 4.76. The average molecular weight is 239 g/mol. The Balaban J connectivity index is 1.58. The van der Waals surface area contributed by atoms with Gasteiger partial charge in [0.15, 0.2) is 0 Å². The quantitative estimate of drug-likeness (QED) is 0.803. The molecule has 0 spiro atoms. The van der Waals surface area contributed by atoms with Gasteiger partial charge in [0.2, 0.25) is 0 Å². The Morgan fingerprint density at radius 2 is 1.76 bits per heavy atom. The van der Waals surface area contributed by atoms with E-state index >= 15 is 0 Å². The van der Waals surface area contributed by atoms with Crippen molar-refractivity contribution in [1.29, 1.82) is 0 Å². The Labute approximate surface area is 107 Å². The predicted molar refractivity (Wildman–Crippen MR) is 73.4 cm³/mol. The molecule has 1 N–H and O–H groups in total. The van der Waals surface area contributed by atoms with Crippen LogP contribution in [0.4, 0.5) is 0 Å². The van der Waals surface area contributed by atoms with Crippen molar-refractivity contribution in [3.63, 3.8) is 0 Å². The third kappa shape index (κ3) is 4.94. The summed E-state index contributed by atoms with van der Waals surface area (Å²) in [5, 5.41) is 3.74. The molecule has 2 aliphatic heterocycles. The number of nitrogens with zero attached hydrogens (tertiary/aromatic N) is 2. The van der Waals surface area contributed by atoms with E-state index in [2.05, 4.69) is 22.2 Å². The van der Waals surface area contributed by atoms with Crippen LogP contribution < -0.4 is 5.32 Å². The van der Waals surface area contributed by atoms with Gasteiger partial charge in [-0.1, -0.05) is 12.8 Å². The van der Waals surface area contributed by atoms with E-state index in [1.165, 1.54) is 77.8 Å². The van der Waals surface area contributed by atoms with Gasteiger partial charge in [-0.25, -0.2) is 0 Å². The van der Waals surface area contributed by atoms with Gasteiger partial charge in [-0.15, -0.1) is 0 Å². The van der Waals surface area contributed by atoms with Crippen molar-refractivity contribution < 1.29 is 0 Å². The second-order valence-electron chi connectivity index (χ2n) is 5.81. The monoisotopic (exact) mass is 239 g/mol. The number of likely N-dealkylation sites (tertiary alicyclic amines) is 2. The molecule has 2 rings (SSSR count). The van der Waals surface area contributed by atoms with Gasteiger partial charge >= 0.3 is 0 Å². The van der Waals surface area contributed by atoms with E-state index in [4.69, 9.17) is 0 Å². The molecule has 1 unspecified atom stereocenters. The van der Waals surface area contributed by atoms with Crippen LogP contribution >= 0.6 is 0 Å². The molecule has 0 aromatic rings. The van der Waals surface area contributed by atoms with Crippen molar-refractivity contribution in [1.82, 2.24) is 15.1 Å². The third-order valence-electron chi connectivity index (χ3n) is 4.18. The van der Waals surface area contributed by atoms with Crippen LogP contribution in [0.2, 0.25) is 0 Å². The maximum Gasteiger partial charge on any atom is 0.0195 e. The van der Waals surface area contributed by atoms with Gasteiger partial charge in [-0.2, -0.15) is 0 Å². The molecule has 1 atom stereocenters. The molecule has 2 heterocycles. The SMILES string of the molecule is CN1CCCC(NCCN2CCCCCC2)C1. The first-order chi connectivity index (χ1) is 8.34. The fourth-order valence-corrected chi connectivity index (χ4v) is 3.12. The fraction of sp³-hybridized carbons (Fsp3) is 1.00. The first kappa shape index (κ1) is 13.3. The van der Waals surface area contributed by atoms with Gasteiger partial charge in [0.05, 0.1) is 0 Å². The highest BCUT2D eigenvalue weighted by Gasteiger charge is 2.16. The van der Waals surface area contributed by atoms with Crippen LogP contribution in [0.15, 0.2) is 0 Å². The number of nitrogens with one attached hydrogen (secondary N) is 1. The summed E-state index contributed by atoms with van der Waals surface area (Å²) in [5.41, 5.74) is 0. The maximum atomic E-state index is 3.74. The zero-order chi connectivity index (χ0) is 11.9. The topological polar surface area (TPSA) is 18.5 Å². The second kappa shape index (κ2) is 7.34. The van der Waals surface area contributed by atoms with Crippen LogP contribution in [0.5, 0.6) is 0 Å². The normalized spacial score (nSPS) is 29.1. The molecule has 0 amide bonds. The van der Waals surface area contributed by atoms with Gasteiger partial charge < -0.3 is 15.1 Å². The molecular weight excluding hydrogens is 210 g/mol. The first-order valence-electron chi connectivity index (χ1n) is 7.49. The Hall–Kier alpha value is -0.120. The molecular formula is C14H29N3. The van der Waals surface area contributed by atoms with Crippen molar-refractivity contribution in [2.75, 3.05) is 46.3 Å². The standard InChI is InChI=1S/C14H29N3/c1-16-9-6-7-14(13-16)15-8-12-17-10-4-2-3-5-11-17/h14-15H,2-13H2,1H3. The number of rotatable bonds is 4. The summed E-state index contributed by atoms with van der Waals surface area (Å²) in [6.07, 6.45) is 8.43. The van der Waals surface area contributed by atoms with E-state index in [0.29, 0.717) is 0 Å². The molecule has 0 bridgehead atoms. The average Bonchev–Trinajstić information content (AvgIpc) is 2.58. The maximum absolute atomic E-state index is 3.74. The smallest absolute Gasteiger partial charge is 0.0195 e. The minimum absolute atomic E-state index is 0.737. The Bertz CT molecular complexity index is 198. The van der Waals surface area contributed by atoms with Crippen LogP contribution in [0.1, 0.15) is 38.5 Å². The summed E-state index contributed by atoms with van der Waals surface area (Å²) >= 11 is 0. The molecule has 0 radical (unpaired) electrons. The number of likely N-dealkylation sites (N-methyl/N-ethyl adjacent to an activating group) is 1. The summed E-state index contributed by atoms with van der Waals surface area (Å²) in [5.74, 6) is 0. The Morgan fingerprint density at radius 1 is 1.00 bits per heavy atom. The predicted octanol–water partition coefficient (Wildman–Crippen LogP) is 1.55. The number of hydrogen-bond donors (Lipinski definition) is 1. The van der Waals surface area contributed by atoms with E-state index < -0.39 is 0 Å². The van der Waals surface area contributed by atoms with Gasteiger partial charge in [-0.05, 0) is 52.4 Å². The molecule has 3 heteroatoms. The zero-order valence-electron chi connectivity index (χ0n) is 11.5. The van der Waals surface area contributed by atoms with Gasteiger partial charge in [0.25, 0.3) is 0 Å². The lowest BCUT2D eigenvalue weighted by atomic mass is 10.1. The van der Waals surface area contributed by atoms with E-state index in [1.807, 2.05) is 0 Å². The molecule has 0 aromatic carbocycles. The molecule has 2 fully saturated rings. The minimum Gasteiger partial charge on any atom is -0.311 e. The van der Waals surface area contributed by atoms with E-state index in [9.17, 15) is 0 Å². The van der Waals surface area contributed by atoms with E-state index in [1.54, 1.807) is 0 Å². The minimum atomic E-state index is 0.737. The molecule has 2 aliphatic rings. The Morgan fingerprint density at radius 3 is 2.47 bits per heavy atom. The molecule has 0 aliphatic carbocycles. The molecule has 2 saturated heterocycles. The van der Waals surface area contributed by atoms with Crippen molar-refractivity contribution >= 4 is 0 Å². The summed E-state index contributed by atoms with van der Waals surface area (Å²) < 4.78 is 0. The van der Waals surface area contributed by atoms with Crippen molar-refractivity contribution in [2.45, 2.75) is 44.6 Å².